The molecule has 108 valence electrons. The van der Waals surface area contributed by atoms with Crippen molar-refractivity contribution in [3.05, 3.63) is 35.6 Å². The molecule has 3 nitrogen and oxygen atoms in total. The molecule has 0 aliphatic heterocycles. The molecule has 0 fully saturated rings. The minimum Gasteiger partial charge on any atom is -0.314 e. The van der Waals surface area contributed by atoms with Gasteiger partial charge in [0.15, 0.2) is 0 Å². The second kappa shape index (κ2) is 7.60. The van der Waals surface area contributed by atoms with Crippen LogP contribution in [0.2, 0.25) is 0 Å². The molecule has 0 radical (unpaired) electrons. The van der Waals surface area contributed by atoms with Gasteiger partial charge in [-0.15, -0.1) is 0 Å². The number of rotatable bonds is 8. The topological polar surface area (TPSA) is 46.2 Å². The summed E-state index contributed by atoms with van der Waals surface area (Å²) in [5.41, 5.74) is 0.674. The van der Waals surface area contributed by atoms with Crippen molar-refractivity contribution in [2.75, 3.05) is 18.6 Å². The van der Waals surface area contributed by atoms with Gasteiger partial charge in [-0.25, -0.2) is 12.8 Å². The standard InChI is InChI=1S/C14H22FNO2S/c1-3-16-13(8-6-10-19(2,17)18)11-12-7-4-5-9-14(12)15/h4-5,7,9,13,16H,3,6,8,10-11H2,1-2H3. The van der Waals surface area contributed by atoms with E-state index in [1.54, 1.807) is 12.1 Å². The Morgan fingerprint density at radius 3 is 2.58 bits per heavy atom. The summed E-state index contributed by atoms with van der Waals surface area (Å²) in [6, 6.07) is 6.83. The fourth-order valence-electron chi connectivity index (χ4n) is 2.09. The van der Waals surface area contributed by atoms with Crippen LogP contribution < -0.4 is 5.32 Å². The van der Waals surface area contributed by atoms with E-state index in [9.17, 15) is 12.8 Å². The van der Waals surface area contributed by atoms with Crippen LogP contribution >= 0.6 is 0 Å². The number of halogens is 1. The fraction of sp³-hybridized carbons (Fsp3) is 0.571. The second-order valence-corrected chi connectivity index (χ2v) is 7.08. The monoisotopic (exact) mass is 287 g/mol. The van der Waals surface area contributed by atoms with Gasteiger partial charge < -0.3 is 5.32 Å². The average Bonchev–Trinajstić information content (AvgIpc) is 2.30. The third-order valence-electron chi connectivity index (χ3n) is 2.98. The number of likely N-dealkylation sites (N-methyl/N-ethyl adjacent to an activating group) is 1. The Balaban J connectivity index is 2.55. The zero-order chi connectivity index (χ0) is 14.3. The van der Waals surface area contributed by atoms with E-state index in [1.165, 1.54) is 12.3 Å². The summed E-state index contributed by atoms with van der Waals surface area (Å²) in [6.07, 6.45) is 3.16. The van der Waals surface area contributed by atoms with Crippen molar-refractivity contribution in [2.45, 2.75) is 32.2 Å². The number of hydrogen-bond donors (Lipinski definition) is 1. The summed E-state index contributed by atoms with van der Waals surface area (Å²) in [7, 11) is -2.92. The summed E-state index contributed by atoms with van der Waals surface area (Å²) in [4.78, 5) is 0. The van der Waals surface area contributed by atoms with Crippen LogP contribution in [0.15, 0.2) is 24.3 Å². The van der Waals surface area contributed by atoms with Gasteiger partial charge in [-0.05, 0) is 37.4 Å². The van der Waals surface area contributed by atoms with Gasteiger partial charge in [-0.3, -0.25) is 0 Å². The molecule has 1 rings (SSSR count). The van der Waals surface area contributed by atoms with Crippen LogP contribution in [0.4, 0.5) is 4.39 Å². The van der Waals surface area contributed by atoms with Crippen molar-refractivity contribution in [2.24, 2.45) is 0 Å². The van der Waals surface area contributed by atoms with Crippen molar-refractivity contribution in [3.63, 3.8) is 0 Å². The van der Waals surface area contributed by atoms with Crippen LogP contribution in [0.1, 0.15) is 25.3 Å². The maximum Gasteiger partial charge on any atom is 0.147 e. The van der Waals surface area contributed by atoms with Gasteiger partial charge in [-0.2, -0.15) is 0 Å². The summed E-state index contributed by atoms with van der Waals surface area (Å²) >= 11 is 0. The van der Waals surface area contributed by atoms with Crippen LogP contribution in [0.25, 0.3) is 0 Å². The number of hydrogen-bond acceptors (Lipinski definition) is 3. The molecule has 5 heteroatoms. The fourth-order valence-corrected chi connectivity index (χ4v) is 2.78. The highest BCUT2D eigenvalue weighted by Gasteiger charge is 2.12. The van der Waals surface area contributed by atoms with Crippen LogP contribution in [0, 0.1) is 5.82 Å². The maximum absolute atomic E-state index is 13.6. The van der Waals surface area contributed by atoms with Crippen molar-refractivity contribution in [3.8, 4) is 0 Å². The number of nitrogens with one attached hydrogen (secondary N) is 1. The van der Waals surface area contributed by atoms with E-state index in [0.29, 0.717) is 18.4 Å². The molecule has 19 heavy (non-hydrogen) atoms. The largest absolute Gasteiger partial charge is 0.314 e. The molecule has 0 bridgehead atoms. The van der Waals surface area contributed by atoms with Gasteiger partial charge in [0.05, 0.1) is 0 Å². The van der Waals surface area contributed by atoms with Crippen molar-refractivity contribution < 1.29 is 12.8 Å². The SMILES string of the molecule is CCNC(CCCS(C)(=O)=O)Cc1ccccc1F. The Morgan fingerprint density at radius 2 is 2.00 bits per heavy atom. The Hall–Kier alpha value is -0.940. The van der Waals surface area contributed by atoms with E-state index in [2.05, 4.69) is 5.32 Å². The normalized spacial score (nSPS) is 13.4. The lowest BCUT2D eigenvalue weighted by Gasteiger charge is -2.18. The zero-order valence-corrected chi connectivity index (χ0v) is 12.3. The van der Waals surface area contributed by atoms with E-state index in [1.807, 2.05) is 13.0 Å². The lowest BCUT2D eigenvalue weighted by Crippen LogP contribution is -2.31. The molecule has 0 saturated heterocycles. The molecule has 0 spiro atoms. The van der Waals surface area contributed by atoms with E-state index in [0.717, 1.165) is 13.0 Å². The van der Waals surface area contributed by atoms with Gasteiger partial charge in [-0.1, -0.05) is 25.1 Å². The first-order chi connectivity index (χ1) is 8.92. The number of sulfone groups is 1. The zero-order valence-electron chi connectivity index (χ0n) is 11.5. The smallest absolute Gasteiger partial charge is 0.147 e. The highest BCUT2D eigenvalue weighted by Crippen LogP contribution is 2.12. The van der Waals surface area contributed by atoms with Gasteiger partial charge in [0.2, 0.25) is 0 Å². The van der Waals surface area contributed by atoms with Crippen molar-refractivity contribution in [1.82, 2.24) is 5.32 Å². The van der Waals surface area contributed by atoms with Gasteiger partial charge in [0.1, 0.15) is 15.7 Å². The molecule has 0 aliphatic rings. The summed E-state index contributed by atoms with van der Waals surface area (Å²) in [5.74, 6) is -0.0138. The molecule has 0 saturated carbocycles. The van der Waals surface area contributed by atoms with Crippen LogP contribution in [-0.4, -0.2) is 33.0 Å². The Kier molecular flexibility index (Phi) is 6.45. The lowest BCUT2D eigenvalue weighted by molar-refractivity contribution is 0.474. The van der Waals surface area contributed by atoms with E-state index < -0.39 is 9.84 Å². The third kappa shape index (κ3) is 6.68. The molecule has 0 amide bonds. The predicted octanol–water partition coefficient (Wildman–Crippen LogP) is 2.17. The van der Waals surface area contributed by atoms with Crippen molar-refractivity contribution >= 4 is 9.84 Å². The van der Waals surface area contributed by atoms with E-state index in [4.69, 9.17) is 0 Å². The van der Waals surface area contributed by atoms with Crippen LogP contribution in [0.5, 0.6) is 0 Å². The first-order valence-corrected chi connectivity index (χ1v) is 8.63. The van der Waals surface area contributed by atoms with E-state index in [-0.39, 0.29) is 17.6 Å². The van der Waals surface area contributed by atoms with Crippen molar-refractivity contribution in [1.29, 1.82) is 0 Å². The molecule has 1 N–H and O–H groups in total. The molecular weight excluding hydrogens is 265 g/mol. The van der Waals surface area contributed by atoms with Gasteiger partial charge in [0.25, 0.3) is 0 Å². The molecule has 1 atom stereocenters. The van der Waals surface area contributed by atoms with Gasteiger partial charge in [0, 0.05) is 18.1 Å². The first kappa shape index (κ1) is 16.1. The predicted molar refractivity (Wildman–Crippen MR) is 76.5 cm³/mol. The lowest BCUT2D eigenvalue weighted by atomic mass is 10.0. The van der Waals surface area contributed by atoms with Crippen LogP contribution in [0.3, 0.4) is 0 Å². The Bertz CT molecular complexity index is 488. The Morgan fingerprint density at radius 1 is 1.32 bits per heavy atom. The molecule has 0 heterocycles. The molecule has 1 aromatic rings. The molecule has 1 unspecified atom stereocenters. The second-order valence-electron chi connectivity index (χ2n) is 4.82. The maximum atomic E-state index is 13.6. The minimum atomic E-state index is -2.92. The first-order valence-electron chi connectivity index (χ1n) is 6.57. The quantitative estimate of drug-likeness (QED) is 0.797. The average molecular weight is 287 g/mol. The highest BCUT2D eigenvalue weighted by atomic mass is 32.2. The molecule has 0 aliphatic carbocycles. The van der Waals surface area contributed by atoms with Crippen LogP contribution in [-0.2, 0) is 16.3 Å². The molecule has 0 aromatic heterocycles. The highest BCUT2D eigenvalue weighted by molar-refractivity contribution is 7.90. The summed E-state index contributed by atoms with van der Waals surface area (Å²) in [6.45, 7) is 2.78. The molecular formula is C14H22FNO2S. The summed E-state index contributed by atoms with van der Waals surface area (Å²) in [5, 5.41) is 3.28. The number of benzene rings is 1. The van der Waals surface area contributed by atoms with E-state index >= 15 is 0 Å². The third-order valence-corrected chi connectivity index (χ3v) is 4.01. The summed E-state index contributed by atoms with van der Waals surface area (Å²) < 4.78 is 35.8. The van der Waals surface area contributed by atoms with Gasteiger partial charge >= 0.3 is 0 Å². The molecule has 1 aromatic carbocycles. The minimum absolute atomic E-state index is 0.114. The Labute approximate surface area is 115 Å².